The van der Waals surface area contributed by atoms with Crippen LogP contribution in [0.1, 0.15) is 6.42 Å². The maximum Gasteiger partial charge on any atom is 0.267 e. The Morgan fingerprint density at radius 3 is 2.18 bits per heavy atom. The molecule has 2 fully saturated rings. The van der Waals surface area contributed by atoms with E-state index in [9.17, 15) is 14.4 Å². The van der Waals surface area contributed by atoms with Crippen LogP contribution < -0.4 is 19.1 Å². The van der Waals surface area contributed by atoms with E-state index in [1.807, 2.05) is 53.4 Å². The predicted octanol–water partition coefficient (Wildman–Crippen LogP) is 3.10. The van der Waals surface area contributed by atoms with E-state index in [-0.39, 0.29) is 30.7 Å². The van der Waals surface area contributed by atoms with Gasteiger partial charge in [0.25, 0.3) is 11.8 Å². The highest BCUT2D eigenvalue weighted by Gasteiger charge is 2.44. The van der Waals surface area contributed by atoms with E-state index < -0.39 is 12.1 Å². The van der Waals surface area contributed by atoms with E-state index in [1.54, 1.807) is 35.2 Å². The van der Waals surface area contributed by atoms with E-state index in [2.05, 4.69) is 0 Å². The maximum atomic E-state index is 13.3. The molecule has 3 heterocycles. The molecule has 3 aliphatic heterocycles. The number of benzene rings is 3. The Balaban J connectivity index is 1.05. The Labute approximate surface area is 220 Å². The molecule has 3 aromatic carbocycles. The van der Waals surface area contributed by atoms with Crippen molar-refractivity contribution in [2.45, 2.75) is 18.6 Å². The molecule has 2 atom stereocenters. The molecule has 9 heteroatoms. The lowest BCUT2D eigenvalue weighted by Gasteiger charge is -2.38. The summed E-state index contributed by atoms with van der Waals surface area (Å²) in [5.74, 6) is 1.91. The van der Waals surface area contributed by atoms with Crippen LogP contribution in [0.3, 0.4) is 0 Å². The molecule has 194 valence electrons. The number of ether oxygens (including phenoxy) is 3. The number of carbonyl (C=O) groups is 3. The second-order valence-corrected chi connectivity index (χ2v) is 9.42. The molecule has 3 aromatic rings. The highest BCUT2D eigenvalue weighted by atomic mass is 16.6. The van der Waals surface area contributed by atoms with Gasteiger partial charge in [0.1, 0.15) is 18.1 Å². The van der Waals surface area contributed by atoms with Crippen LogP contribution in [0.25, 0.3) is 0 Å². The fourth-order valence-electron chi connectivity index (χ4n) is 5.06. The van der Waals surface area contributed by atoms with Gasteiger partial charge in [-0.05, 0) is 48.5 Å². The summed E-state index contributed by atoms with van der Waals surface area (Å²) >= 11 is 0. The predicted molar refractivity (Wildman–Crippen MR) is 138 cm³/mol. The summed E-state index contributed by atoms with van der Waals surface area (Å²) in [7, 11) is 0. The number of hydrogen-bond acceptors (Lipinski definition) is 7. The highest BCUT2D eigenvalue weighted by molar-refractivity contribution is 6.22. The molecule has 3 amide bonds. The van der Waals surface area contributed by atoms with Gasteiger partial charge in [0.2, 0.25) is 12.0 Å². The van der Waals surface area contributed by atoms with Gasteiger partial charge in [0.05, 0.1) is 18.2 Å². The number of anilines is 1. The number of imide groups is 1. The number of piperazine rings is 1. The van der Waals surface area contributed by atoms with Gasteiger partial charge in [-0.15, -0.1) is 0 Å². The molecule has 0 spiro atoms. The van der Waals surface area contributed by atoms with Crippen molar-refractivity contribution in [3.8, 4) is 23.0 Å². The molecule has 0 N–H and O–H groups in total. The third-order valence-corrected chi connectivity index (χ3v) is 7.05. The van der Waals surface area contributed by atoms with Crippen molar-refractivity contribution in [1.29, 1.82) is 0 Å². The Morgan fingerprint density at radius 1 is 0.789 bits per heavy atom. The standard InChI is InChI=1S/C29H27N3O6/c33-27-18-23(28(34)32(27)20-10-12-22(13-11-20)37-21-6-2-1-3-7-21)30-14-16-31(17-15-30)29(35)26-19-36-24-8-4-5-9-25(24)38-26/h1-13,23,26H,14-19H2/t23-,26-/m0/s1. The lowest BCUT2D eigenvalue weighted by molar-refractivity contribution is -0.143. The molecule has 2 saturated heterocycles. The van der Waals surface area contributed by atoms with E-state index in [4.69, 9.17) is 14.2 Å². The molecule has 6 rings (SSSR count). The van der Waals surface area contributed by atoms with Crippen LogP contribution in [0.4, 0.5) is 5.69 Å². The van der Waals surface area contributed by atoms with Crippen LogP contribution in [0, 0.1) is 0 Å². The summed E-state index contributed by atoms with van der Waals surface area (Å²) in [4.78, 5) is 44.2. The molecule has 3 aliphatic rings. The fraction of sp³-hybridized carbons (Fsp3) is 0.276. The zero-order valence-electron chi connectivity index (χ0n) is 20.7. The summed E-state index contributed by atoms with van der Waals surface area (Å²) in [5, 5.41) is 0. The van der Waals surface area contributed by atoms with E-state index >= 15 is 0 Å². The third-order valence-electron chi connectivity index (χ3n) is 7.05. The summed E-state index contributed by atoms with van der Waals surface area (Å²) < 4.78 is 17.4. The van der Waals surface area contributed by atoms with E-state index in [0.29, 0.717) is 54.9 Å². The average Bonchev–Trinajstić information content (AvgIpc) is 3.27. The smallest absolute Gasteiger partial charge is 0.267 e. The van der Waals surface area contributed by atoms with Crippen molar-refractivity contribution in [3.63, 3.8) is 0 Å². The van der Waals surface area contributed by atoms with Gasteiger partial charge in [-0.2, -0.15) is 0 Å². The second kappa shape index (κ2) is 10.2. The molecule has 0 aromatic heterocycles. The van der Waals surface area contributed by atoms with Crippen molar-refractivity contribution in [3.05, 3.63) is 78.9 Å². The minimum atomic E-state index is -0.699. The van der Waals surface area contributed by atoms with Crippen LogP contribution in [-0.2, 0) is 14.4 Å². The van der Waals surface area contributed by atoms with Crippen molar-refractivity contribution in [2.75, 3.05) is 37.7 Å². The monoisotopic (exact) mass is 513 g/mol. The molecule has 9 nitrogen and oxygen atoms in total. The first kappa shape index (κ1) is 24.0. The highest BCUT2D eigenvalue weighted by Crippen LogP contribution is 2.32. The Bertz CT molecular complexity index is 1340. The van der Waals surface area contributed by atoms with Crippen molar-refractivity contribution >= 4 is 23.4 Å². The maximum absolute atomic E-state index is 13.3. The molecule has 38 heavy (non-hydrogen) atoms. The van der Waals surface area contributed by atoms with E-state index in [0.717, 1.165) is 0 Å². The number of fused-ring (bicyclic) bond motifs is 1. The van der Waals surface area contributed by atoms with Crippen LogP contribution in [0.2, 0.25) is 0 Å². The van der Waals surface area contributed by atoms with Gasteiger partial charge < -0.3 is 19.1 Å². The number of nitrogens with zero attached hydrogens (tertiary/aromatic N) is 3. The van der Waals surface area contributed by atoms with Gasteiger partial charge >= 0.3 is 0 Å². The Hall–Kier alpha value is -4.37. The van der Waals surface area contributed by atoms with Crippen molar-refractivity contribution < 1.29 is 28.6 Å². The van der Waals surface area contributed by atoms with Gasteiger partial charge in [-0.1, -0.05) is 30.3 Å². The molecular formula is C29H27N3O6. The number of amides is 3. The zero-order chi connectivity index (χ0) is 26.1. The first-order valence-electron chi connectivity index (χ1n) is 12.7. The minimum absolute atomic E-state index is 0.116. The molecule has 0 aliphatic carbocycles. The van der Waals surface area contributed by atoms with Crippen LogP contribution in [0.15, 0.2) is 78.9 Å². The number of hydrogen-bond donors (Lipinski definition) is 0. The molecule has 0 saturated carbocycles. The van der Waals surface area contributed by atoms with Gasteiger partial charge in [-0.3, -0.25) is 19.3 Å². The minimum Gasteiger partial charge on any atom is -0.485 e. The average molecular weight is 514 g/mol. The van der Waals surface area contributed by atoms with Crippen LogP contribution in [-0.4, -0.2) is 72.5 Å². The largest absolute Gasteiger partial charge is 0.485 e. The Morgan fingerprint density at radius 2 is 1.45 bits per heavy atom. The lowest BCUT2D eigenvalue weighted by atomic mass is 10.1. The van der Waals surface area contributed by atoms with Gasteiger partial charge in [-0.25, -0.2) is 4.90 Å². The third kappa shape index (κ3) is 4.68. The number of rotatable bonds is 5. The van der Waals surface area contributed by atoms with E-state index in [1.165, 1.54) is 4.90 Å². The summed E-state index contributed by atoms with van der Waals surface area (Å²) in [6.45, 7) is 2.05. The summed E-state index contributed by atoms with van der Waals surface area (Å²) in [6.07, 6.45) is -0.582. The second-order valence-electron chi connectivity index (χ2n) is 9.42. The summed E-state index contributed by atoms with van der Waals surface area (Å²) in [6, 6.07) is 23.1. The summed E-state index contributed by atoms with van der Waals surface area (Å²) in [5.41, 5.74) is 0.520. The molecule has 0 unspecified atom stereocenters. The van der Waals surface area contributed by atoms with Crippen molar-refractivity contribution in [2.24, 2.45) is 0 Å². The zero-order valence-corrected chi connectivity index (χ0v) is 20.7. The molecule has 0 radical (unpaired) electrons. The molecule has 0 bridgehead atoms. The number of para-hydroxylation sites is 3. The van der Waals surface area contributed by atoms with Crippen LogP contribution in [0.5, 0.6) is 23.0 Å². The lowest BCUT2D eigenvalue weighted by Crippen LogP contribution is -2.57. The first-order chi connectivity index (χ1) is 18.6. The number of carbonyl (C=O) groups excluding carboxylic acids is 3. The van der Waals surface area contributed by atoms with Crippen LogP contribution >= 0.6 is 0 Å². The molecular weight excluding hydrogens is 486 g/mol. The van der Waals surface area contributed by atoms with Gasteiger partial charge in [0.15, 0.2) is 11.5 Å². The fourth-order valence-corrected chi connectivity index (χ4v) is 5.06. The quantitative estimate of drug-likeness (QED) is 0.485. The first-order valence-corrected chi connectivity index (χ1v) is 12.7. The Kier molecular flexibility index (Phi) is 6.43. The van der Waals surface area contributed by atoms with Gasteiger partial charge in [0, 0.05) is 26.2 Å². The van der Waals surface area contributed by atoms with Crippen molar-refractivity contribution in [1.82, 2.24) is 9.80 Å². The SMILES string of the molecule is O=C([C@@H]1COc2ccccc2O1)N1CCN([C@H]2CC(=O)N(c3ccc(Oc4ccccc4)cc3)C2=O)CC1. The topological polar surface area (TPSA) is 88.6 Å². The normalized spacial score (nSPS) is 21.5.